The van der Waals surface area contributed by atoms with E-state index in [9.17, 15) is 0 Å². The van der Waals surface area contributed by atoms with Crippen LogP contribution in [0, 0.1) is 17.4 Å². The standard InChI is InChI=1S/C8H10N4.C8H8N4.C5H7N3.C3H2N/c2*9-8-3-5-12(11-8)7-2-1-4-10-6-7;6-8-5-2-1-3-7-4-5;1-2-3-4/h1-2,4,6H,3,5H2,(H2,9,11);1-6H,(H2,9,11);1-4,8H,6H2;1H2/q;;;+1. The summed E-state index contributed by atoms with van der Waals surface area (Å²) in [5.41, 5.74) is 16.2. The molecule has 0 aromatic carbocycles. The maximum atomic E-state index is 7.45. The van der Waals surface area contributed by atoms with Crippen LogP contribution in [0.2, 0.25) is 0 Å². The molecule has 1 aliphatic heterocycles. The first-order valence-corrected chi connectivity index (χ1v) is 10.6. The van der Waals surface area contributed by atoms with Gasteiger partial charge in [0.25, 0.3) is 0 Å². The Hall–Kier alpha value is -5.37. The summed E-state index contributed by atoms with van der Waals surface area (Å²) in [6.07, 6.45) is 14.9. The van der Waals surface area contributed by atoms with Gasteiger partial charge in [0.05, 0.1) is 35.7 Å². The first-order valence-electron chi connectivity index (χ1n) is 10.6. The van der Waals surface area contributed by atoms with E-state index in [1.54, 1.807) is 60.2 Å². The Morgan fingerprint density at radius 1 is 0.944 bits per heavy atom. The molecule has 0 amide bonds. The molecular formula is C24H27N12+. The van der Waals surface area contributed by atoms with Gasteiger partial charge in [-0.15, -0.1) is 5.26 Å². The monoisotopic (exact) mass is 483 g/mol. The highest BCUT2D eigenvalue weighted by Gasteiger charge is 2.12. The third kappa shape index (κ3) is 9.63. The molecule has 182 valence electrons. The number of rotatable bonds is 3. The van der Waals surface area contributed by atoms with E-state index < -0.39 is 0 Å². The molecular weight excluding hydrogens is 456 g/mol. The fourth-order valence-corrected chi connectivity index (χ4v) is 2.59. The highest BCUT2D eigenvalue weighted by atomic mass is 15.5. The summed E-state index contributed by atoms with van der Waals surface area (Å²) < 4.78 is 1.68. The summed E-state index contributed by atoms with van der Waals surface area (Å²) in [6, 6.07) is 14.6. The third-order valence-corrected chi connectivity index (χ3v) is 4.20. The second-order valence-corrected chi connectivity index (χ2v) is 6.75. The molecule has 4 aromatic heterocycles. The number of nitrogens with one attached hydrogen (secondary N) is 1. The van der Waals surface area contributed by atoms with Crippen LogP contribution >= 0.6 is 0 Å². The van der Waals surface area contributed by atoms with Gasteiger partial charge in [-0.3, -0.25) is 25.8 Å². The van der Waals surface area contributed by atoms with Gasteiger partial charge >= 0.3 is 12.1 Å². The molecule has 0 saturated heterocycles. The number of allylic oxidation sites excluding steroid dienone is 1. The lowest BCUT2D eigenvalue weighted by atomic mass is 10.4. The van der Waals surface area contributed by atoms with E-state index in [0.717, 1.165) is 30.0 Å². The zero-order chi connectivity index (χ0) is 26.0. The molecule has 0 atom stereocenters. The summed E-state index contributed by atoms with van der Waals surface area (Å²) in [5.74, 6) is 6.27. The second-order valence-electron chi connectivity index (χ2n) is 6.75. The van der Waals surface area contributed by atoms with E-state index in [4.69, 9.17) is 22.6 Å². The second kappa shape index (κ2) is 15.5. The van der Waals surface area contributed by atoms with Crippen LogP contribution in [0.5, 0.6) is 0 Å². The van der Waals surface area contributed by atoms with Crippen molar-refractivity contribution < 1.29 is 0 Å². The fraction of sp³-hybridized carbons (Fsp3) is 0.0833. The van der Waals surface area contributed by atoms with Crippen molar-refractivity contribution in [3.63, 3.8) is 0 Å². The summed E-state index contributed by atoms with van der Waals surface area (Å²) >= 11 is 0. The maximum absolute atomic E-state index is 7.45. The zero-order valence-corrected chi connectivity index (χ0v) is 19.5. The number of nitriles is 1. The molecule has 0 radical (unpaired) electrons. The van der Waals surface area contributed by atoms with Crippen molar-refractivity contribution in [1.82, 2.24) is 24.7 Å². The molecule has 1 aliphatic rings. The molecule has 0 saturated carbocycles. The van der Waals surface area contributed by atoms with Gasteiger partial charge < -0.3 is 16.9 Å². The number of hydrazone groups is 1. The molecule has 5 rings (SSSR count). The van der Waals surface area contributed by atoms with Gasteiger partial charge in [-0.25, -0.2) is 4.68 Å². The van der Waals surface area contributed by atoms with Crippen LogP contribution in [0.3, 0.4) is 0 Å². The summed E-state index contributed by atoms with van der Waals surface area (Å²) in [6.45, 7) is 3.85. The van der Waals surface area contributed by atoms with Gasteiger partial charge in [0.1, 0.15) is 11.7 Å². The van der Waals surface area contributed by atoms with E-state index in [0.29, 0.717) is 11.7 Å². The lowest BCUT2D eigenvalue weighted by molar-refractivity contribution is 0.879. The highest BCUT2D eigenvalue weighted by molar-refractivity contribution is 5.84. The molecule has 0 aliphatic carbocycles. The Morgan fingerprint density at radius 2 is 1.56 bits per heavy atom. The predicted molar refractivity (Wildman–Crippen MR) is 140 cm³/mol. The summed E-state index contributed by atoms with van der Waals surface area (Å²) in [7, 11) is 0. The Kier molecular flexibility index (Phi) is 11.5. The first kappa shape index (κ1) is 26.9. The lowest BCUT2D eigenvalue weighted by Crippen LogP contribution is -2.11. The number of nitrogen functional groups attached to an aromatic ring is 2. The van der Waals surface area contributed by atoms with Gasteiger partial charge in [0.2, 0.25) is 0 Å². The molecule has 4 aromatic rings. The van der Waals surface area contributed by atoms with Crippen LogP contribution < -0.4 is 27.7 Å². The lowest BCUT2D eigenvalue weighted by Gasteiger charge is -2.11. The number of pyridine rings is 3. The molecule has 36 heavy (non-hydrogen) atoms. The van der Waals surface area contributed by atoms with Crippen molar-refractivity contribution in [1.29, 1.82) is 5.26 Å². The van der Waals surface area contributed by atoms with Crippen molar-refractivity contribution in [3.05, 3.63) is 98.5 Å². The smallest absolute Gasteiger partial charge is 0.386 e. The summed E-state index contributed by atoms with van der Waals surface area (Å²) in [5, 5.41) is 17.5. The minimum Gasteiger partial charge on any atom is -0.386 e. The predicted octanol–water partition coefficient (Wildman–Crippen LogP) is 2.28. The highest BCUT2D eigenvalue weighted by Crippen LogP contribution is 2.15. The van der Waals surface area contributed by atoms with Gasteiger partial charge in [-0.05, 0) is 36.4 Å². The average molecular weight is 484 g/mol. The minimum atomic E-state index is 0.513. The largest absolute Gasteiger partial charge is 0.386 e. The van der Waals surface area contributed by atoms with Crippen LogP contribution in [0.4, 0.5) is 17.2 Å². The number of hydrogen-bond donors (Lipinski definition) is 4. The van der Waals surface area contributed by atoms with E-state index in [1.807, 2.05) is 47.5 Å². The SMILES string of the molecule is C=[C+]C#N.NC1=NN(c2cccnc2)CC1.NNc1cccnc1.Nc1ccn(-c2cccnc2)n1. The van der Waals surface area contributed by atoms with Crippen molar-refractivity contribution in [3.8, 4) is 11.8 Å². The number of nitrogens with zero attached hydrogens (tertiary/aromatic N) is 8. The fourth-order valence-electron chi connectivity index (χ4n) is 2.59. The van der Waals surface area contributed by atoms with E-state index in [-0.39, 0.29) is 0 Å². The van der Waals surface area contributed by atoms with E-state index >= 15 is 0 Å². The van der Waals surface area contributed by atoms with Crippen molar-refractivity contribution in [2.45, 2.75) is 6.42 Å². The quantitative estimate of drug-likeness (QED) is 0.146. The first-order chi connectivity index (χ1) is 17.6. The van der Waals surface area contributed by atoms with Gasteiger partial charge in [-0.1, -0.05) is 0 Å². The van der Waals surface area contributed by atoms with Crippen LogP contribution in [0.1, 0.15) is 6.42 Å². The van der Waals surface area contributed by atoms with Crippen molar-refractivity contribution >= 4 is 23.0 Å². The number of aromatic nitrogens is 5. The number of hydrogen-bond acceptors (Lipinski definition) is 11. The Bertz CT molecular complexity index is 1220. The Labute approximate surface area is 209 Å². The van der Waals surface area contributed by atoms with Gasteiger partial charge in [-0.2, -0.15) is 10.2 Å². The van der Waals surface area contributed by atoms with Crippen LogP contribution in [0.15, 0.2) is 97.5 Å². The Morgan fingerprint density at radius 3 is 1.94 bits per heavy atom. The minimum absolute atomic E-state index is 0.513. The normalized spacial score (nSPS) is 11.0. The number of amidine groups is 1. The van der Waals surface area contributed by atoms with E-state index in [1.165, 1.54) is 0 Å². The molecule has 7 N–H and O–H groups in total. The topological polar surface area (TPSA) is 186 Å². The van der Waals surface area contributed by atoms with Gasteiger partial charge in [0.15, 0.2) is 6.58 Å². The van der Waals surface area contributed by atoms with Crippen molar-refractivity contribution in [2.24, 2.45) is 16.7 Å². The molecule has 0 unspecified atom stereocenters. The zero-order valence-electron chi connectivity index (χ0n) is 19.5. The molecule has 0 spiro atoms. The molecule has 12 nitrogen and oxygen atoms in total. The molecule has 0 fully saturated rings. The number of hydrazine groups is 1. The van der Waals surface area contributed by atoms with Crippen LogP contribution in [0.25, 0.3) is 5.69 Å². The van der Waals surface area contributed by atoms with Crippen LogP contribution in [-0.2, 0) is 0 Å². The van der Waals surface area contributed by atoms with Crippen LogP contribution in [-0.4, -0.2) is 37.1 Å². The van der Waals surface area contributed by atoms with Gasteiger partial charge in [0, 0.05) is 43.8 Å². The molecule has 0 bridgehead atoms. The average Bonchev–Trinajstić information content (AvgIpc) is 3.59. The summed E-state index contributed by atoms with van der Waals surface area (Å²) in [4.78, 5) is 11.8. The molecule has 5 heterocycles. The molecule has 12 heteroatoms. The Balaban J connectivity index is 0.000000180. The number of anilines is 3. The number of nitrogens with two attached hydrogens (primary N) is 3. The van der Waals surface area contributed by atoms with Crippen molar-refractivity contribution in [2.75, 3.05) is 22.7 Å². The van der Waals surface area contributed by atoms with E-state index in [2.05, 4.69) is 37.2 Å². The maximum Gasteiger partial charge on any atom is 0.386 e. The third-order valence-electron chi connectivity index (χ3n) is 4.20.